The first kappa shape index (κ1) is 20.7. The van der Waals surface area contributed by atoms with Crippen LogP contribution in [0.1, 0.15) is 34.3 Å². The lowest BCUT2D eigenvalue weighted by molar-refractivity contribution is -0.384. The van der Waals surface area contributed by atoms with Crippen molar-refractivity contribution in [1.82, 2.24) is 5.32 Å². The minimum atomic E-state index is -0.479. The van der Waals surface area contributed by atoms with E-state index in [0.717, 1.165) is 37.2 Å². The molecule has 150 valence electrons. The van der Waals surface area contributed by atoms with Gasteiger partial charge in [-0.2, -0.15) is 17.0 Å². The second kappa shape index (κ2) is 9.94. The molecule has 0 bridgehead atoms. The summed E-state index contributed by atoms with van der Waals surface area (Å²) in [5.74, 6) is 1.07. The van der Waals surface area contributed by atoms with Crippen LogP contribution in [-0.2, 0) is 5.75 Å². The number of carbonyl (C=O) groups excluding carboxylic acids is 1. The predicted molar refractivity (Wildman–Crippen MR) is 114 cm³/mol. The molecule has 29 heavy (non-hydrogen) atoms. The second-order valence-electron chi connectivity index (χ2n) is 6.73. The zero-order valence-corrected chi connectivity index (χ0v) is 16.8. The van der Waals surface area contributed by atoms with Gasteiger partial charge >= 0.3 is 0 Å². The molecule has 3 rings (SSSR count). The van der Waals surface area contributed by atoms with Gasteiger partial charge in [0.05, 0.1) is 27.8 Å². The Morgan fingerprint density at radius 1 is 1.24 bits per heavy atom. The van der Waals surface area contributed by atoms with Crippen LogP contribution in [0, 0.1) is 21.4 Å². The highest BCUT2D eigenvalue weighted by Crippen LogP contribution is 2.28. The van der Waals surface area contributed by atoms with Gasteiger partial charge in [-0.25, -0.2) is 0 Å². The first-order valence-corrected chi connectivity index (χ1v) is 10.6. The molecule has 2 aromatic rings. The van der Waals surface area contributed by atoms with Crippen LogP contribution in [0.4, 0.5) is 11.4 Å². The summed E-state index contributed by atoms with van der Waals surface area (Å²) in [6, 6.07) is 14.1. The Bertz CT molecular complexity index is 936. The Kier molecular flexibility index (Phi) is 7.09. The fraction of sp³-hybridized carbons (Fsp3) is 0.333. The number of anilines is 1. The van der Waals surface area contributed by atoms with Gasteiger partial charge in [-0.3, -0.25) is 14.9 Å². The fourth-order valence-electron chi connectivity index (χ4n) is 3.32. The molecule has 0 spiro atoms. The molecule has 0 atom stereocenters. The number of nitrogens with one attached hydrogen (secondary N) is 1. The average Bonchev–Trinajstić information content (AvgIpc) is 3.28. The van der Waals surface area contributed by atoms with E-state index in [1.165, 1.54) is 12.1 Å². The molecule has 0 saturated carbocycles. The summed E-state index contributed by atoms with van der Waals surface area (Å²) in [6.07, 6.45) is 2.11. The van der Waals surface area contributed by atoms with E-state index < -0.39 is 4.92 Å². The number of nitrogens with zero attached hydrogens (tertiary/aromatic N) is 3. The van der Waals surface area contributed by atoms with Crippen LogP contribution in [0.15, 0.2) is 42.5 Å². The number of rotatable bonds is 8. The van der Waals surface area contributed by atoms with Crippen molar-refractivity contribution >= 4 is 29.0 Å². The first-order valence-electron chi connectivity index (χ1n) is 9.47. The van der Waals surface area contributed by atoms with Gasteiger partial charge in [0.1, 0.15) is 0 Å². The van der Waals surface area contributed by atoms with Crippen molar-refractivity contribution in [2.24, 2.45) is 0 Å². The summed E-state index contributed by atoms with van der Waals surface area (Å²) in [7, 11) is 0. The zero-order chi connectivity index (χ0) is 20.6. The molecular weight excluding hydrogens is 388 g/mol. The number of hydrogen-bond acceptors (Lipinski definition) is 6. The van der Waals surface area contributed by atoms with Gasteiger partial charge in [-0.05, 0) is 30.5 Å². The van der Waals surface area contributed by atoms with Gasteiger partial charge in [0.15, 0.2) is 0 Å². The van der Waals surface area contributed by atoms with E-state index in [4.69, 9.17) is 5.26 Å². The highest BCUT2D eigenvalue weighted by atomic mass is 32.2. The smallest absolute Gasteiger partial charge is 0.270 e. The van der Waals surface area contributed by atoms with E-state index in [9.17, 15) is 14.9 Å². The third kappa shape index (κ3) is 5.27. The molecule has 1 heterocycles. The van der Waals surface area contributed by atoms with Crippen LogP contribution in [0.25, 0.3) is 0 Å². The molecule has 2 aromatic carbocycles. The minimum absolute atomic E-state index is 0.0828. The fourth-order valence-corrected chi connectivity index (χ4v) is 4.18. The van der Waals surface area contributed by atoms with Gasteiger partial charge in [-0.15, -0.1) is 0 Å². The Morgan fingerprint density at radius 2 is 2.00 bits per heavy atom. The lowest BCUT2D eigenvalue weighted by Gasteiger charge is -2.20. The summed E-state index contributed by atoms with van der Waals surface area (Å²) < 4.78 is 0. The van der Waals surface area contributed by atoms with Gasteiger partial charge in [0.2, 0.25) is 0 Å². The molecule has 1 amide bonds. The van der Waals surface area contributed by atoms with Gasteiger partial charge in [0.25, 0.3) is 11.6 Å². The van der Waals surface area contributed by atoms with Gasteiger partial charge in [0, 0.05) is 43.3 Å². The number of thioether (sulfide) groups is 1. The van der Waals surface area contributed by atoms with Crippen LogP contribution in [-0.4, -0.2) is 36.2 Å². The Hall–Kier alpha value is -3.05. The van der Waals surface area contributed by atoms with E-state index in [-0.39, 0.29) is 11.6 Å². The third-order valence-electron chi connectivity index (χ3n) is 4.81. The van der Waals surface area contributed by atoms with Crippen LogP contribution < -0.4 is 10.2 Å². The predicted octanol–water partition coefficient (Wildman–Crippen LogP) is 3.73. The molecule has 0 aromatic heterocycles. The summed E-state index contributed by atoms with van der Waals surface area (Å²) >= 11 is 1.63. The maximum atomic E-state index is 12.7. The zero-order valence-electron chi connectivity index (χ0n) is 16.0. The Balaban J connectivity index is 1.59. The van der Waals surface area contributed by atoms with Crippen LogP contribution in [0.2, 0.25) is 0 Å². The van der Waals surface area contributed by atoms with E-state index >= 15 is 0 Å². The summed E-state index contributed by atoms with van der Waals surface area (Å²) in [6.45, 7) is 2.15. The van der Waals surface area contributed by atoms with Crippen molar-refractivity contribution in [2.45, 2.75) is 18.6 Å². The minimum Gasteiger partial charge on any atom is -0.371 e. The van der Waals surface area contributed by atoms with Gasteiger partial charge < -0.3 is 10.2 Å². The van der Waals surface area contributed by atoms with Crippen molar-refractivity contribution in [2.75, 3.05) is 30.3 Å². The highest BCUT2D eigenvalue weighted by molar-refractivity contribution is 7.98. The first-order chi connectivity index (χ1) is 14.1. The van der Waals surface area contributed by atoms with Crippen LogP contribution in [0.5, 0.6) is 0 Å². The lowest BCUT2D eigenvalue weighted by atomic mass is 10.1. The van der Waals surface area contributed by atoms with Gasteiger partial charge in [-0.1, -0.05) is 18.2 Å². The third-order valence-corrected chi connectivity index (χ3v) is 5.82. The number of nitriles is 1. The normalized spacial score (nSPS) is 13.1. The standard InChI is InChI=1S/C21H22N4O3S/c22-14-16-5-1-2-6-17(16)15-29-12-9-23-21(26)19-13-18(25(27)28)7-8-20(19)24-10-3-4-11-24/h1-2,5-8,13H,3-4,9-12,15H2,(H,23,26). The largest absolute Gasteiger partial charge is 0.371 e. The van der Waals surface area contributed by atoms with Crippen molar-refractivity contribution < 1.29 is 9.72 Å². The number of nitro groups is 1. The van der Waals surface area contributed by atoms with Crippen molar-refractivity contribution in [3.63, 3.8) is 0 Å². The monoisotopic (exact) mass is 410 g/mol. The molecular formula is C21H22N4O3S. The van der Waals surface area contributed by atoms with Crippen LogP contribution >= 0.6 is 11.8 Å². The molecule has 1 aliphatic heterocycles. The number of nitro benzene ring substituents is 1. The van der Waals surface area contributed by atoms with Crippen molar-refractivity contribution in [3.05, 3.63) is 69.3 Å². The molecule has 1 fully saturated rings. The highest BCUT2D eigenvalue weighted by Gasteiger charge is 2.22. The summed E-state index contributed by atoms with van der Waals surface area (Å²) in [5, 5.41) is 23.1. The van der Waals surface area contributed by atoms with Crippen molar-refractivity contribution in [1.29, 1.82) is 5.26 Å². The Morgan fingerprint density at radius 3 is 2.72 bits per heavy atom. The van der Waals surface area contributed by atoms with E-state index in [1.807, 2.05) is 18.2 Å². The number of amides is 1. The molecule has 1 aliphatic rings. The molecule has 0 radical (unpaired) electrons. The lowest BCUT2D eigenvalue weighted by Crippen LogP contribution is -2.29. The molecule has 1 N–H and O–H groups in total. The number of benzene rings is 2. The topological polar surface area (TPSA) is 99.3 Å². The maximum Gasteiger partial charge on any atom is 0.270 e. The molecule has 0 unspecified atom stereocenters. The quantitative estimate of drug-likeness (QED) is 0.404. The van der Waals surface area contributed by atoms with E-state index in [2.05, 4.69) is 16.3 Å². The van der Waals surface area contributed by atoms with E-state index in [1.54, 1.807) is 23.9 Å². The maximum absolute atomic E-state index is 12.7. The molecule has 0 aliphatic carbocycles. The second-order valence-corrected chi connectivity index (χ2v) is 7.84. The average molecular weight is 410 g/mol. The summed E-state index contributed by atoms with van der Waals surface area (Å²) in [5.41, 5.74) is 2.65. The number of non-ortho nitro benzene ring substituents is 1. The molecule has 1 saturated heterocycles. The van der Waals surface area contributed by atoms with Crippen LogP contribution in [0.3, 0.4) is 0 Å². The molecule has 8 heteroatoms. The Labute approximate surface area is 173 Å². The SMILES string of the molecule is N#Cc1ccccc1CSCCNC(=O)c1cc([N+](=O)[O-])ccc1N1CCCC1. The molecule has 7 nitrogen and oxygen atoms in total. The van der Waals surface area contributed by atoms with Crippen molar-refractivity contribution in [3.8, 4) is 6.07 Å². The number of hydrogen-bond donors (Lipinski definition) is 1. The van der Waals surface area contributed by atoms with E-state index in [0.29, 0.717) is 29.2 Å². The number of carbonyl (C=O) groups is 1. The summed E-state index contributed by atoms with van der Waals surface area (Å²) in [4.78, 5) is 25.5.